The van der Waals surface area contributed by atoms with Gasteiger partial charge < -0.3 is 15.5 Å². The van der Waals surface area contributed by atoms with Gasteiger partial charge >= 0.3 is 5.97 Å². The summed E-state index contributed by atoms with van der Waals surface area (Å²) in [6, 6.07) is 22.0. The lowest BCUT2D eigenvalue weighted by Crippen LogP contribution is -2.42. The predicted octanol–water partition coefficient (Wildman–Crippen LogP) is 3.48. The third kappa shape index (κ3) is 4.73. The lowest BCUT2D eigenvalue weighted by molar-refractivity contribution is -0.139. The van der Waals surface area contributed by atoms with E-state index in [4.69, 9.17) is 0 Å². The molecular weight excluding hydrogens is 342 g/mol. The van der Waals surface area contributed by atoms with E-state index < -0.39 is 17.9 Å². The number of hydrogen-bond acceptors (Lipinski definition) is 3. The number of rotatable bonds is 6. The van der Waals surface area contributed by atoms with Gasteiger partial charge in [0.15, 0.2) is 0 Å². The predicted molar refractivity (Wildman–Crippen MR) is 103 cm³/mol. The molecule has 0 aliphatic heterocycles. The van der Waals surface area contributed by atoms with Gasteiger partial charge in [0.2, 0.25) is 0 Å². The zero-order chi connectivity index (χ0) is 19.2. The van der Waals surface area contributed by atoms with E-state index in [-0.39, 0.29) is 12.2 Å². The molecule has 0 aliphatic carbocycles. The smallest absolute Gasteiger partial charge is 0.326 e. The summed E-state index contributed by atoms with van der Waals surface area (Å²) in [5.41, 5.74) is 3.12. The molecule has 3 aromatic rings. The topological polar surface area (TPSA) is 86.6 Å². The monoisotopic (exact) mass is 361 g/mol. The number of amides is 1. The Kier molecular flexibility index (Phi) is 5.52. The third-order valence-corrected chi connectivity index (χ3v) is 4.23. The van der Waals surface area contributed by atoms with Crippen LogP contribution in [0.3, 0.4) is 0 Å². The van der Waals surface area contributed by atoms with Gasteiger partial charge in [-0.2, -0.15) is 0 Å². The molecule has 0 saturated heterocycles. The van der Waals surface area contributed by atoms with Crippen molar-refractivity contribution in [3.8, 4) is 16.9 Å². The van der Waals surface area contributed by atoms with Crippen LogP contribution in [0.2, 0.25) is 0 Å². The molecule has 0 unspecified atom stereocenters. The maximum absolute atomic E-state index is 12.4. The summed E-state index contributed by atoms with van der Waals surface area (Å²) >= 11 is 0. The van der Waals surface area contributed by atoms with Crippen molar-refractivity contribution in [2.24, 2.45) is 0 Å². The van der Waals surface area contributed by atoms with Crippen LogP contribution < -0.4 is 5.32 Å². The minimum atomic E-state index is -1.11. The van der Waals surface area contributed by atoms with Crippen molar-refractivity contribution >= 4 is 11.9 Å². The Morgan fingerprint density at radius 2 is 1.41 bits per heavy atom. The molecule has 1 amide bonds. The Labute approximate surface area is 156 Å². The van der Waals surface area contributed by atoms with Crippen LogP contribution in [-0.2, 0) is 11.2 Å². The van der Waals surface area contributed by atoms with Gasteiger partial charge in [0.05, 0.1) is 0 Å². The Hall–Kier alpha value is -3.60. The first-order valence-electron chi connectivity index (χ1n) is 8.50. The maximum atomic E-state index is 12.4. The molecular formula is C22H19NO4. The van der Waals surface area contributed by atoms with Crippen molar-refractivity contribution in [3.05, 3.63) is 90.0 Å². The molecule has 136 valence electrons. The largest absolute Gasteiger partial charge is 0.508 e. The van der Waals surface area contributed by atoms with Crippen molar-refractivity contribution in [2.45, 2.75) is 12.5 Å². The maximum Gasteiger partial charge on any atom is 0.326 e. The van der Waals surface area contributed by atoms with Crippen LogP contribution in [0.5, 0.6) is 5.75 Å². The molecule has 0 fully saturated rings. The minimum absolute atomic E-state index is 0.105. The van der Waals surface area contributed by atoms with Crippen LogP contribution in [0.4, 0.5) is 0 Å². The molecule has 3 rings (SSSR count). The van der Waals surface area contributed by atoms with Gasteiger partial charge in [-0.25, -0.2) is 4.79 Å². The first-order chi connectivity index (χ1) is 13.0. The van der Waals surface area contributed by atoms with Gasteiger partial charge in [-0.05, 0) is 41.0 Å². The average Bonchev–Trinajstić information content (AvgIpc) is 2.69. The van der Waals surface area contributed by atoms with Gasteiger partial charge in [0.1, 0.15) is 11.8 Å². The summed E-state index contributed by atoms with van der Waals surface area (Å²) in [6.45, 7) is 0. The molecule has 27 heavy (non-hydrogen) atoms. The molecule has 0 saturated carbocycles. The van der Waals surface area contributed by atoms with Crippen molar-refractivity contribution in [1.29, 1.82) is 0 Å². The van der Waals surface area contributed by atoms with Crippen LogP contribution in [0.15, 0.2) is 78.9 Å². The van der Waals surface area contributed by atoms with Crippen molar-refractivity contribution in [2.75, 3.05) is 0 Å². The molecule has 0 aliphatic rings. The first kappa shape index (κ1) is 18.2. The molecule has 0 radical (unpaired) electrons. The number of phenols is 1. The lowest BCUT2D eigenvalue weighted by Gasteiger charge is -2.15. The molecule has 1 atom stereocenters. The SMILES string of the molecule is O=C(N[C@@H](Cc1ccc(O)cc1)C(=O)O)c1ccc(-c2ccccc2)cc1. The molecule has 5 heteroatoms. The van der Waals surface area contributed by atoms with Crippen LogP contribution >= 0.6 is 0 Å². The number of nitrogens with one attached hydrogen (secondary N) is 1. The van der Waals surface area contributed by atoms with E-state index in [1.165, 1.54) is 12.1 Å². The summed E-state index contributed by atoms with van der Waals surface area (Å²) in [4.78, 5) is 23.9. The zero-order valence-electron chi connectivity index (χ0n) is 14.5. The normalized spacial score (nSPS) is 11.6. The quantitative estimate of drug-likeness (QED) is 0.627. The number of carboxylic acids is 1. The Bertz CT molecular complexity index is 919. The van der Waals surface area contributed by atoms with Crippen LogP contribution in [0, 0.1) is 0 Å². The Balaban J connectivity index is 1.70. The highest BCUT2D eigenvalue weighted by Crippen LogP contribution is 2.19. The summed E-state index contributed by atoms with van der Waals surface area (Å²) in [5, 5.41) is 21.3. The van der Waals surface area contributed by atoms with Crippen LogP contribution in [0.1, 0.15) is 15.9 Å². The van der Waals surface area contributed by atoms with E-state index in [0.717, 1.165) is 11.1 Å². The van der Waals surface area contributed by atoms with Crippen LogP contribution in [0.25, 0.3) is 11.1 Å². The van der Waals surface area contributed by atoms with Crippen LogP contribution in [-0.4, -0.2) is 28.1 Å². The fourth-order valence-corrected chi connectivity index (χ4v) is 2.75. The molecule has 0 bridgehead atoms. The van der Waals surface area contributed by atoms with Crippen molar-refractivity contribution in [3.63, 3.8) is 0 Å². The van der Waals surface area contributed by atoms with Gasteiger partial charge in [-0.15, -0.1) is 0 Å². The van der Waals surface area contributed by atoms with E-state index in [9.17, 15) is 19.8 Å². The summed E-state index contributed by atoms with van der Waals surface area (Å²) in [7, 11) is 0. The number of carboxylic acid groups (broad SMARTS) is 1. The zero-order valence-corrected chi connectivity index (χ0v) is 14.5. The van der Waals surface area contributed by atoms with E-state index in [0.29, 0.717) is 11.1 Å². The van der Waals surface area contributed by atoms with E-state index >= 15 is 0 Å². The molecule has 0 spiro atoms. The molecule has 3 aromatic carbocycles. The molecule has 0 aromatic heterocycles. The number of aromatic hydroxyl groups is 1. The lowest BCUT2D eigenvalue weighted by atomic mass is 10.0. The fourth-order valence-electron chi connectivity index (χ4n) is 2.75. The molecule has 0 heterocycles. The second-order valence-electron chi connectivity index (χ2n) is 6.18. The van der Waals surface area contributed by atoms with E-state index in [1.807, 2.05) is 42.5 Å². The molecule has 5 nitrogen and oxygen atoms in total. The number of phenolic OH excluding ortho intramolecular Hbond substituents is 1. The van der Waals surface area contributed by atoms with Crippen molar-refractivity contribution < 1.29 is 19.8 Å². The fraction of sp³-hybridized carbons (Fsp3) is 0.0909. The third-order valence-electron chi connectivity index (χ3n) is 4.23. The number of hydrogen-bond donors (Lipinski definition) is 3. The van der Waals surface area contributed by atoms with Gasteiger partial charge in [0.25, 0.3) is 5.91 Å². The number of benzene rings is 3. The second-order valence-corrected chi connectivity index (χ2v) is 6.18. The second kappa shape index (κ2) is 8.19. The number of carbonyl (C=O) groups excluding carboxylic acids is 1. The first-order valence-corrected chi connectivity index (χ1v) is 8.50. The highest BCUT2D eigenvalue weighted by atomic mass is 16.4. The summed E-state index contributed by atoms with van der Waals surface area (Å²) < 4.78 is 0. The van der Waals surface area contributed by atoms with Gasteiger partial charge in [-0.3, -0.25) is 4.79 Å². The Morgan fingerprint density at radius 3 is 2.00 bits per heavy atom. The summed E-state index contributed by atoms with van der Waals surface area (Å²) in [5.74, 6) is -1.45. The number of carbonyl (C=O) groups is 2. The van der Waals surface area contributed by atoms with Gasteiger partial charge in [-0.1, -0.05) is 54.6 Å². The minimum Gasteiger partial charge on any atom is -0.508 e. The standard InChI is InChI=1S/C22H19NO4/c24-19-12-6-15(7-13-19)14-20(22(26)27)23-21(25)18-10-8-17(9-11-18)16-4-2-1-3-5-16/h1-13,20,24H,14H2,(H,23,25)(H,26,27)/t20-/m0/s1. The number of aliphatic carboxylic acids is 1. The summed E-state index contributed by atoms with van der Waals surface area (Å²) in [6.07, 6.45) is 0.128. The van der Waals surface area contributed by atoms with Crippen molar-refractivity contribution in [1.82, 2.24) is 5.32 Å². The highest BCUT2D eigenvalue weighted by Gasteiger charge is 2.21. The van der Waals surface area contributed by atoms with Gasteiger partial charge in [0, 0.05) is 12.0 Å². The highest BCUT2D eigenvalue weighted by molar-refractivity contribution is 5.97. The van der Waals surface area contributed by atoms with E-state index in [2.05, 4.69) is 5.32 Å². The van der Waals surface area contributed by atoms with E-state index in [1.54, 1.807) is 24.3 Å². The molecule has 3 N–H and O–H groups in total. The average molecular weight is 361 g/mol. The Morgan fingerprint density at radius 1 is 0.815 bits per heavy atom.